The van der Waals surface area contributed by atoms with Crippen LogP contribution in [0.25, 0.3) is 0 Å². The highest BCUT2D eigenvalue weighted by Crippen LogP contribution is 2.19. The van der Waals surface area contributed by atoms with E-state index in [-0.39, 0.29) is 5.78 Å². The molecule has 2 rings (SSSR count). The third-order valence-electron chi connectivity index (χ3n) is 2.94. The third kappa shape index (κ3) is 2.99. The van der Waals surface area contributed by atoms with E-state index in [1.54, 1.807) is 18.3 Å². The maximum atomic E-state index is 12.5. The van der Waals surface area contributed by atoms with E-state index in [1.807, 2.05) is 24.3 Å². The van der Waals surface area contributed by atoms with Crippen LogP contribution in [-0.2, 0) is 6.42 Å². The number of nitrogens with zero attached hydrogens (tertiary/aromatic N) is 1. The van der Waals surface area contributed by atoms with Gasteiger partial charge in [0.15, 0.2) is 5.78 Å². The molecule has 0 N–H and O–H groups in total. The molecule has 0 unspecified atom stereocenters. The third-order valence-corrected chi connectivity index (χ3v) is 2.94. The van der Waals surface area contributed by atoms with Gasteiger partial charge in [0.1, 0.15) is 0 Å². The van der Waals surface area contributed by atoms with Crippen molar-refractivity contribution in [1.82, 2.24) is 4.98 Å². The summed E-state index contributed by atoms with van der Waals surface area (Å²) >= 11 is 0. The topological polar surface area (TPSA) is 39.2 Å². The van der Waals surface area contributed by atoms with Gasteiger partial charge in [-0.2, -0.15) is 0 Å². The summed E-state index contributed by atoms with van der Waals surface area (Å²) in [5.41, 5.74) is 2.35. The van der Waals surface area contributed by atoms with Gasteiger partial charge in [-0.05, 0) is 30.2 Å². The van der Waals surface area contributed by atoms with Crippen molar-refractivity contribution >= 4 is 5.78 Å². The van der Waals surface area contributed by atoms with E-state index in [1.165, 1.54) is 12.7 Å². The molecule has 0 saturated heterocycles. The van der Waals surface area contributed by atoms with Gasteiger partial charge in [-0.1, -0.05) is 31.5 Å². The summed E-state index contributed by atoms with van der Waals surface area (Å²) in [5.74, 6) is 0.316. The van der Waals surface area contributed by atoms with Crippen molar-refractivity contribution in [1.29, 1.82) is 0 Å². The highest BCUT2D eigenvalue weighted by Gasteiger charge is 2.15. The van der Waals surface area contributed by atoms with Crippen LogP contribution < -0.4 is 4.74 Å². The Labute approximate surface area is 113 Å². The smallest absolute Gasteiger partial charge is 0.224 e. The van der Waals surface area contributed by atoms with Crippen LogP contribution in [0.5, 0.6) is 5.88 Å². The highest BCUT2D eigenvalue weighted by atomic mass is 16.5. The van der Waals surface area contributed by atoms with Crippen molar-refractivity contribution in [3.63, 3.8) is 0 Å². The lowest BCUT2D eigenvalue weighted by Crippen LogP contribution is -2.05. The molecular weight excluding hydrogens is 238 g/mol. The lowest BCUT2D eigenvalue weighted by atomic mass is 10.0. The Hall–Kier alpha value is -2.16. The molecule has 0 aliphatic rings. The van der Waals surface area contributed by atoms with Crippen molar-refractivity contribution in [3.8, 4) is 5.88 Å². The van der Waals surface area contributed by atoms with Crippen molar-refractivity contribution in [2.24, 2.45) is 0 Å². The first-order valence-corrected chi connectivity index (χ1v) is 6.39. The molecule has 1 aromatic heterocycles. The maximum Gasteiger partial charge on any atom is 0.224 e. The zero-order chi connectivity index (χ0) is 13.7. The van der Waals surface area contributed by atoms with Crippen LogP contribution in [0, 0.1) is 0 Å². The van der Waals surface area contributed by atoms with E-state index in [9.17, 15) is 4.79 Å². The normalized spacial score (nSPS) is 10.2. The Balaban J connectivity index is 2.35. The minimum absolute atomic E-state index is 0.0529. The summed E-state index contributed by atoms with van der Waals surface area (Å²) in [6.07, 6.45) is 3.66. The second-order valence-corrected chi connectivity index (χ2v) is 4.34. The van der Waals surface area contributed by atoms with E-state index in [0.29, 0.717) is 17.0 Å². The SMILES string of the molecule is CCCc1cccc(C(=O)c2cccnc2OC)c1. The molecule has 3 nitrogen and oxygen atoms in total. The zero-order valence-electron chi connectivity index (χ0n) is 11.2. The number of aromatic nitrogens is 1. The molecule has 0 atom stereocenters. The molecule has 0 radical (unpaired) electrons. The van der Waals surface area contributed by atoms with Crippen LogP contribution in [0.4, 0.5) is 0 Å². The summed E-state index contributed by atoms with van der Waals surface area (Å²) in [4.78, 5) is 16.5. The number of methoxy groups -OCH3 is 1. The van der Waals surface area contributed by atoms with Crippen LogP contribution in [0.3, 0.4) is 0 Å². The van der Waals surface area contributed by atoms with Crippen LogP contribution in [0.1, 0.15) is 34.8 Å². The lowest BCUT2D eigenvalue weighted by Gasteiger charge is -2.07. The van der Waals surface area contributed by atoms with Gasteiger partial charge in [-0.15, -0.1) is 0 Å². The molecule has 0 fully saturated rings. The summed E-state index contributed by atoms with van der Waals surface area (Å²) in [6.45, 7) is 2.12. The number of carbonyl (C=O) groups is 1. The van der Waals surface area contributed by atoms with Gasteiger partial charge in [-0.3, -0.25) is 4.79 Å². The Morgan fingerprint density at radius 2 is 2.11 bits per heavy atom. The summed E-state index contributed by atoms with van der Waals surface area (Å²) in [5, 5.41) is 0. The Kier molecular flexibility index (Phi) is 4.29. The van der Waals surface area contributed by atoms with Gasteiger partial charge in [-0.25, -0.2) is 4.98 Å². The molecule has 0 amide bonds. The van der Waals surface area contributed by atoms with E-state index in [0.717, 1.165) is 12.8 Å². The number of carbonyl (C=O) groups excluding carboxylic acids is 1. The number of pyridine rings is 1. The van der Waals surface area contributed by atoms with E-state index in [4.69, 9.17) is 4.74 Å². The number of ether oxygens (including phenoxy) is 1. The Bertz CT molecular complexity index is 578. The van der Waals surface area contributed by atoms with Crippen molar-refractivity contribution < 1.29 is 9.53 Å². The molecule has 0 saturated carbocycles. The van der Waals surface area contributed by atoms with Crippen molar-refractivity contribution in [3.05, 3.63) is 59.3 Å². The average molecular weight is 255 g/mol. The predicted octanol–water partition coefficient (Wildman–Crippen LogP) is 3.27. The fourth-order valence-electron chi connectivity index (χ4n) is 2.04. The first kappa shape index (κ1) is 13.3. The molecule has 2 aromatic rings. The molecular formula is C16H17NO2. The minimum Gasteiger partial charge on any atom is -0.480 e. The van der Waals surface area contributed by atoms with E-state index >= 15 is 0 Å². The number of hydrogen-bond donors (Lipinski definition) is 0. The fraction of sp³-hybridized carbons (Fsp3) is 0.250. The van der Waals surface area contributed by atoms with Gasteiger partial charge in [0.25, 0.3) is 0 Å². The highest BCUT2D eigenvalue weighted by molar-refractivity contribution is 6.10. The Morgan fingerprint density at radius 3 is 2.84 bits per heavy atom. The molecule has 1 aromatic carbocycles. The molecule has 0 bridgehead atoms. The van der Waals surface area contributed by atoms with Gasteiger partial charge in [0.2, 0.25) is 5.88 Å². The van der Waals surface area contributed by atoms with Crippen LogP contribution >= 0.6 is 0 Å². The molecule has 1 heterocycles. The van der Waals surface area contributed by atoms with Crippen LogP contribution in [0.2, 0.25) is 0 Å². The maximum absolute atomic E-state index is 12.5. The van der Waals surface area contributed by atoms with Crippen LogP contribution in [-0.4, -0.2) is 17.9 Å². The average Bonchev–Trinajstić information content (AvgIpc) is 2.47. The van der Waals surface area contributed by atoms with Crippen molar-refractivity contribution in [2.45, 2.75) is 19.8 Å². The largest absolute Gasteiger partial charge is 0.480 e. The number of ketones is 1. The monoisotopic (exact) mass is 255 g/mol. The van der Waals surface area contributed by atoms with E-state index in [2.05, 4.69) is 11.9 Å². The molecule has 19 heavy (non-hydrogen) atoms. The quantitative estimate of drug-likeness (QED) is 0.770. The Morgan fingerprint density at radius 1 is 1.26 bits per heavy atom. The fourth-order valence-corrected chi connectivity index (χ4v) is 2.04. The number of rotatable bonds is 5. The molecule has 3 heteroatoms. The minimum atomic E-state index is -0.0529. The lowest BCUT2D eigenvalue weighted by molar-refractivity contribution is 0.103. The van der Waals surface area contributed by atoms with Crippen LogP contribution in [0.15, 0.2) is 42.6 Å². The molecule has 0 aliphatic heterocycles. The van der Waals surface area contributed by atoms with Gasteiger partial charge < -0.3 is 4.74 Å². The summed E-state index contributed by atoms with van der Waals surface area (Å²) < 4.78 is 5.13. The van der Waals surface area contributed by atoms with Gasteiger partial charge in [0.05, 0.1) is 12.7 Å². The second kappa shape index (κ2) is 6.14. The first-order valence-electron chi connectivity index (χ1n) is 6.39. The number of benzene rings is 1. The summed E-state index contributed by atoms with van der Waals surface area (Å²) in [7, 11) is 1.52. The van der Waals surface area contributed by atoms with Gasteiger partial charge >= 0.3 is 0 Å². The second-order valence-electron chi connectivity index (χ2n) is 4.34. The summed E-state index contributed by atoms with van der Waals surface area (Å²) in [6, 6.07) is 11.2. The van der Waals surface area contributed by atoms with E-state index < -0.39 is 0 Å². The molecule has 98 valence electrons. The number of hydrogen-bond acceptors (Lipinski definition) is 3. The predicted molar refractivity (Wildman–Crippen MR) is 74.7 cm³/mol. The zero-order valence-corrected chi connectivity index (χ0v) is 11.2. The van der Waals surface area contributed by atoms with Crippen molar-refractivity contribution in [2.75, 3.05) is 7.11 Å². The number of aryl methyl sites for hydroxylation is 1. The first-order chi connectivity index (χ1) is 9.26. The standard InChI is InChI=1S/C16H17NO2/c1-3-6-12-7-4-8-13(11-12)15(18)14-9-5-10-17-16(14)19-2/h4-5,7-11H,3,6H2,1-2H3. The van der Waals surface area contributed by atoms with Gasteiger partial charge in [0, 0.05) is 11.8 Å². The molecule has 0 aliphatic carbocycles. The molecule has 0 spiro atoms.